The molecule has 1 atom stereocenters. The molecule has 0 aromatic carbocycles. The van der Waals surface area contributed by atoms with Gasteiger partial charge in [0.15, 0.2) is 5.82 Å². The summed E-state index contributed by atoms with van der Waals surface area (Å²) < 4.78 is 5.16. The van der Waals surface area contributed by atoms with Crippen molar-refractivity contribution in [3.05, 3.63) is 22.7 Å². The maximum Gasteiger partial charge on any atom is 0.307 e. The van der Waals surface area contributed by atoms with E-state index in [1.165, 1.54) is 0 Å². The molecule has 7 heteroatoms. The first-order chi connectivity index (χ1) is 9.06. The summed E-state index contributed by atoms with van der Waals surface area (Å²) in [6, 6.07) is 1.91. The van der Waals surface area contributed by atoms with E-state index >= 15 is 0 Å². The lowest BCUT2D eigenvalue weighted by molar-refractivity contribution is -0.141. The number of carbonyl (C=O) groups is 1. The minimum atomic E-state index is -0.807. The molecule has 0 radical (unpaired) electrons. The van der Waals surface area contributed by atoms with E-state index in [1.807, 2.05) is 28.8 Å². The first kappa shape index (κ1) is 13.7. The van der Waals surface area contributed by atoms with Crippen LogP contribution in [0.25, 0.3) is 11.5 Å². The second kappa shape index (κ2) is 5.94. The molecule has 0 aliphatic rings. The van der Waals surface area contributed by atoms with E-state index < -0.39 is 11.9 Å². The molecular weight excluding hydrogens is 266 g/mol. The molecule has 0 saturated carbocycles. The van der Waals surface area contributed by atoms with Crippen molar-refractivity contribution in [2.45, 2.75) is 13.5 Å². The third-order valence-electron chi connectivity index (χ3n) is 2.65. The van der Waals surface area contributed by atoms with Crippen molar-refractivity contribution in [3.8, 4) is 11.5 Å². The summed E-state index contributed by atoms with van der Waals surface area (Å²) >= 11 is 1.57. The lowest BCUT2D eigenvalue weighted by atomic mass is 10.2. The molecule has 19 heavy (non-hydrogen) atoms. The summed E-state index contributed by atoms with van der Waals surface area (Å²) in [6.07, 6.45) is 0. The molecule has 0 bridgehead atoms. The van der Waals surface area contributed by atoms with Gasteiger partial charge in [0.25, 0.3) is 5.89 Å². The Morgan fingerprint density at radius 1 is 1.63 bits per heavy atom. The molecule has 0 amide bonds. The van der Waals surface area contributed by atoms with E-state index in [2.05, 4.69) is 10.1 Å². The molecule has 2 rings (SSSR count). The Bertz CT molecular complexity index is 538. The van der Waals surface area contributed by atoms with Gasteiger partial charge in [0.2, 0.25) is 0 Å². The van der Waals surface area contributed by atoms with Crippen molar-refractivity contribution < 1.29 is 14.4 Å². The summed E-state index contributed by atoms with van der Waals surface area (Å²) in [7, 11) is 1.83. The predicted octanol–water partition coefficient (Wildman–Crippen LogP) is 1.95. The van der Waals surface area contributed by atoms with E-state index in [0.29, 0.717) is 24.8 Å². The molecular formula is C12H15N3O3S. The maximum atomic E-state index is 10.8. The quantitative estimate of drug-likeness (QED) is 0.871. The molecule has 0 aliphatic carbocycles. The summed E-state index contributed by atoms with van der Waals surface area (Å²) in [5.74, 6) is -0.176. The normalized spacial score (nSPS) is 12.8. The largest absolute Gasteiger partial charge is 0.481 e. The summed E-state index contributed by atoms with van der Waals surface area (Å²) in [5, 5.41) is 16.6. The third-order valence-corrected chi connectivity index (χ3v) is 3.34. The highest BCUT2D eigenvalue weighted by Crippen LogP contribution is 2.20. The van der Waals surface area contributed by atoms with E-state index in [0.717, 1.165) is 5.56 Å². The Kier molecular flexibility index (Phi) is 4.28. The van der Waals surface area contributed by atoms with E-state index in [-0.39, 0.29) is 0 Å². The van der Waals surface area contributed by atoms with Crippen molar-refractivity contribution in [2.75, 3.05) is 13.6 Å². The van der Waals surface area contributed by atoms with Crippen LogP contribution in [0, 0.1) is 5.92 Å². The molecule has 2 aromatic heterocycles. The van der Waals surface area contributed by atoms with Crippen molar-refractivity contribution in [1.29, 1.82) is 0 Å². The number of nitrogens with zero attached hydrogens (tertiary/aromatic N) is 3. The van der Waals surface area contributed by atoms with Crippen LogP contribution in [0.2, 0.25) is 0 Å². The fourth-order valence-corrected chi connectivity index (χ4v) is 2.30. The van der Waals surface area contributed by atoms with Gasteiger partial charge in [-0.25, -0.2) is 0 Å². The molecule has 1 N–H and O–H groups in total. The van der Waals surface area contributed by atoms with Gasteiger partial charge in [0, 0.05) is 11.9 Å². The molecule has 6 nitrogen and oxygen atoms in total. The highest BCUT2D eigenvalue weighted by molar-refractivity contribution is 7.08. The second-order valence-corrected chi connectivity index (χ2v) is 5.24. The highest BCUT2D eigenvalue weighted by Gasteiger charge is 2.16. The van der Waals surface area contributed by atoms with Crippen molar-refractivity contribution in [1.82, 2.24) is 15.0 Å². The molecule has 1 unspecified atom stereocenters. The van der Waals surface area contributed by atoms with Crippen LogP contribution in [-0.2, 0) is 11.3 Å². The van der Waals surface area contributed by atoms with Gasteiger partial charge in [-0.2, -0.15) is 16.3 Å². The van der Waals surface area contributed by atoms with Crippen molar-refractivity contribution in [2.24, 2.45) is 5.92 Å². The zero-order valence-corrected chi connectivity index (χ0v) is 11.6. The fourth-order valence-electron chi connectivity index (χ4n) is 1.67. The van der Waals surface area contributed by atoms with Crippen molar-refractivity contribution in [3.63, 3.8) is 0 Å². The maximum absolute atomic E-state index is 10.8. The van der Waals surface area contributed by atoms with Crippen LogP contribution < -0.4 is 0 Å². The Morgan fingerprint density at radius 2 is 2.42 bits per heavy atom. The van der Waals surface area contributed by atoms with Gasteiger partial charge in [-0.05, 0) is 18.5 Å². The fraction of sp³-hybridized carbons (Fsp3) is 0.417. The van der Waals surface area contributed by atoms with Gasteiger partial charge >= 0.3 is 5.97 Å². The van der Waals surface area contributed by atoms with Gasteiger partial charge in [-0.1, -0.05) is 12.1 Å². The first-order valence-corrected chi connectivity index (χ1v) is 6.77. The molecule has 0 aliphatic heterocycles. The standard InChI is InChI=1S/C12H15N3O3S/c1-8(12(16)17)5-15(2)6-10-13-11(18-14-10)9-3-4-19-7-9/h3-4,7-8H,5-6H2,1-2H3,(H,16,17). The average molecular weight is 281 g/mol. The summed E-state index contributed by atoms with van der Waals surface area (Å²) in [5.41, 5.74) is 0.908. The number of aliphatic carboxylic acids is 1. The van der Waals surface area contributed by atoms with Crippen LogP contribution in [0.3, 0.4) is 0 Å². The number of thiophene rings is 1. The van der Waals surface area contributed by atoms with Gasteiger partial charge in [0.1, 0.15) is 0 Å². The number of aromatic nitrogens is 2. The number of rotatable bonds is 6. The van der Waals surface area contributed by atoms with Gasteiger partial charge in [-0.15, -0.1) is 0 Å². The summed E-state index contributed by atoms with van der Waals surface area (Å²) in [4.78, 5) is 16.9. The molecule has 2 aromatic rings. The number of hydrogen-bond acceptors (Lipinski definition) is 6. The van der Waals surface area contributed by atoms with Crippen LogP contribution in [0.5, 0.6) is 0 Å². The second-order valence-electron chi connectivity index (χ2n) is 4.46. The molecule has 0 spiro atoms. The van der Waals surface area contributed by atoms with Crippen LogP contribution in [0.1, 0.15) is 12.7 Å². The monoisotopic (exact) mass is 281 g/mol. The van der Waals surface area contributed by atoms with Crippen molar-refractivity contribution >= 4 is 17.3 Å². The number of hydrogen-bond donors (Lipinski definition) is 1. The lowest BCUT2D eigenvalue weighted by Crippen LogP contribution is -2.28. The lowest BCUT2D eigenvalue weighted by Gasteiger charge is -2.16. The predicted molar refractivity (Wildman–Crippen MR) is 70.7 cm³/mol. The molecule has 102 valence electrons. The number of carboxylic acid groups (broad SMARTS) is 1. The number of carboxylic acids is 1. The van der Waals surface area contributed by atoms with Crippen LogP contribution in [0.4, 0.5) is 0 Å². The zero-order valence-electron chi connectivity index (χ0n) is 10.7. The molecule has 2 heterocycles. The van der Waals surface area contributed by atoms with Crippen LogP contribution >= 0.6 is 11.3 Å². The highest BCUT2D eigenvalue weighted by atomic mass is 32.1. The Labute approximate surface area is 114 Å². The minimum Gasteiger partial charge on any atom is -0.481 e. The van der Waals surface area contributed by atoms with E-state index in [1.54, 1.807) is 18.3 Å². The average Bonchev–Trinajstić information content (AvgIpc) is 2.97. The van der Waals surface area contributed by atoms with Crippen LogP contribution in [-0.4, -0.2) is 39.7 Å². The van der Waals surface area contributed by atoms with E-state index in [9.17, 15) is 4.79 Å². The Balaban J connectivity index is 1.95. The molecule has 0 saturated heterocycles. The van der Waals surface area contributed by atoms with Crippen LogP contribution in [0.15, 0.2) is 21.3 Å². The van der Waals surface area contributed by atoms with Gasteiger partial charge < -0.3 is 9.63 Å². The molecule has 0 fully saturated rings. The first-order valence-electron chi connectivity index (χ1n) is 5.82. The zero-order chi connectivity index (χ0) is 13.8. The Hall–Kier alpha value is -1.73. The smallest absolute Gasteiger partial charge is 0.307 e. The topological polar surface area (TPSA) is 79.5 Å². The summed E-state index contributed by atoms with van der Waals surface area (Å²) in [6.45, 7) is 2.58. The van der Waals surface area contributed by atoms with Gasteiger partial charge in [-0.3, -0.25) is 9.69 Å². The third kappa shape index (κ3) is 3.62. The van der Waals surface area contributed by atoms with Gasteiger partial charge in [0.05, 0.1) is 18.0 Å². The Morgan fingerprint density at radius 3 is 3.05 bits per heavy atom. The minimum absolute atomic E-state index is 0.423. The van der Waals surface area contributed by atoms with E-state index in [4.69, 9.17) is 9.63 Å². The SMILES string of the molecule is CC(CN(C)Cc1noc(-c2ccsc2)n1)C(=O)O.